The van der Waals surface area contributed by atoms with E-state index >= 15 is 0 Å². The van der Waals surface area contributed by atoms with Crippen molar-refractivity contribution in [3.05, 3.63) is 64.4 Å². The Hall–Kier alpha value is -2.07. The number of hydrogen-bond acceptors (Lipinski definition) is 3. The third-order valence-corrected chi connectivity index (χ3v) is 2.95. The highest BCUT2D eigenvalue weighted by atomic mass is 35.5. The van der Waals surface area contributed by atoms with E-state index in [1.807, 2.05) is 0 Å². The Bertz CT molecular complexity index is 594. The van der Waals surface area contributed by atoms with Crippen LogP contribution in [0.4, 0.5) is 10.1 Å². The molecule has 0 aliphatic carbocycles. The molecule has 104 valence electrons. The summed E-state index contributed by atoms with van der Waals surface area (Å²) in [5.74, 6) is -0.762. The van der Waals surface area contributed by atoms with Crippen LogP contribution in [0.2, 0.25) is 5.02 Å². The summed E-state index contributed by atoms with van der Waals surface area (Å²) in [5, 5.41) is 3.41. The number of benzene rings is 2. The number of esters is 1. The second-order valence-electron chi connectivity index (χ2n) is 4.20. The molecule has 0 spiro atoms. The van der Waals surface area contributed by atoms with Crippen molar-refractivity contribution in [3.63, 3.8) is 0 Å². The number of carbonyl (C=O) groups excluding carboxylic acids is 1. The molecule has 0 bridgehead atoms. The van der Waals surface area contributed by atoms with Crippen LogP contribution in [0.15, 0.2) is 42.5 Å². The zero-order valence-electron chi connectivity index (χ0n) is 10.8. The predicted octanol–water partition coefficient (Wildman–Crippen LogP) is 3.88. The van der Waals surface area contributed by atoms with Gasteiger partial charge in [-0.15, -0.1) is 0 Å². The molecule has 3 nitrogen and oxygen atoms in total. The van der Waals surface area contributed by atoms with Gasteiger partial charge in [0.2, 0.25) is 0 Å². The van der Waals surface area contributed by atoms with Crippen molar-refractivity contribution in [1.29, 1.82) is 0 Å². The number of methoxy groups -OCH3 is 1. The maximum Gasteiger partial charge on any atom is 0.337 e. The van der Waals surface area contributed by atoms with E-state index in [4.69, 9.17) is 11.6 Å². The van der Waals surface area contributed by atoms with Crippen LogP contribution in [0.5, 0.6) is 0 Å². The molecule has 0 aliphatic heterocycles. The van der Waals surface area contributed by atoms with Crippen molar-refractivity contribution in [2.45, 2.75) is 6.54 Å². The summed E-state index contributed by atoms with van der Waals surface area (Å²) in [6, 6.07) is 11.2. The van der Waals surface area contributed by atoms with Gasteiger partial charge in [-0.3, -0.25) is 0 Å². The predicted molar refractivity (Wildman–Crippen MR) is 76.5 cm³/mol. The fourth-order valence-corrected chi connectivity index (χ4v) is 1.96. The Balaban J connectivity index is 2.02. The van der Waals surface area contributed by atoms with E-state index in [0.29, 0.717) is 22.8 Å². The van der Waals surface area contributed by atoms with E-state index in [1.165, 1.54) is 19.2 Å². The molecule has 0 aliphatic rings. The van der Waals surface area contributed by atoms with Crippen LogP contribution in [0.25, 0.3) is 0 Å². The molecule has 1 N–H and O–H groups in total. The topological polar surface area (TPSA) is 38.3 Å². The van der Waals surface area contributed by atoms with Crippen LogP contribution in [0.1, 0.15) is 15.9 Å². The second-order valence-corrected chi connectivity index (χ2v) is 4.64. The minimum absolute atomic E-state index is 0.341. The number of rotatable bonds is 4. The number of halogens is 2. The number of ether oxygens (including phenoxy) is 1. The molecule has 0 saturated carbocycles. The fourth-order valence-electron chi connectivity index (χ4n) is 1.74. The second kappa shape index (κ2) is 6.39. The van der Waals surface area contributed by atoms with Crippen molar-refractivity contribution in [1.82, 2.24) is 0 Å². The van der Waals surface area contributed by atoms with Crippen molar-refractivity contribution in [3.8, 4) is 0 Å². The molecule has 0 fully saturated rings. The monoisotopic (exact) mass is 293 g/mol. The lowest BCUT2D eigenvalue weighted by molar-refractivity contribution is 0.0600. The summed E-state index contributed by atoms with van der Waals surface area (Å²) in [7, 11) is 1.34. The molecule has 0 radical (unpaired) electrons. The molecule has 2 aromatic carbocycles. The highest BCUT2D eigenvalue weighted by Crippen LogP contribution is 2.18. The van der Waals surface area contributed by atoms with Gasteiger partial charge in [-0.2, -0.15) is 0 Å². The van der Waals surface area contributed by atoms with Gasteiger partial charge in [-0.05, 0) is 35.9 Å². The number of nitrogens with one attached hydrogen (secondary N) is 1. The van der Waals surface area contributed by atoms with Gasteiger partial charge in [0.15, 0.2) is 0 Å². The highest BCUT2D eigenvalue weighted by molar-refractivity contribution is 6.30. The third-order valence-electron chi connectivity index (χ3n) is 2.73. The van der Waals surface area contributed by atoms with Gasteiger partial charge in [0.05, 0.1) is 12.7 Å². The summed E-state index contributed by atoms with van der Waals surface area (Å²) in [4.78, 5) is 11.3. The average molecular weight is 294 g/mol. The first-order valence-corrected chi connectivity index (χ1v) is 6.33. The number of hydrogen-bond donors (Lipinski definition) is 1. The molecule has 0 heterocycles. The van der Waals surface area contributed by atoms with Gasteiger partial charge in [-0.1, -0.05) is 23.7 Å². The van der Waals surface area contributed by atoms with Crippen molar-refractivity contribution >= 4 is 23.3 Å². The molecule has 0 unspecified atom stereocenters. The van der Waals surface area contributed by atoms with Crippen molar-refractivity contribution in [2.75, 3.05) is 12.4 Å². The summed E-state index contributed by atoms with van der Waals surface area (Å²) < 4.78 is 17.8. The molecule has 0 atom stereocenters. The molecule has 0 aromatic heterocycles. The average Bonchev–Trinajstić information content (AvgIpc) is 2.44. The van der Waals surface area contributed by atoms with E-state index in [1.54, 1.807) is 30.3 Å². The van der Waals surface area contributed by atoms with Crippen molar-refractivity contribution < 1.29 is 13.9 Å². The zero-order valence-corrected chi connectivity index (χ0v) is 11.6. The quantitative estimate of drug-likeness (QED) is 0.870. The Morgan fingerprint density at radius 3 is 2.55 bits per heavy atom. The number of carbonyl (C=O) groups is 1. The first kappa shape index (κ1) is 14.3. The van der Waals surface area contributed by atoms with Crippen LogP contribution in [0.3, 0.4) is 0 Å². The molecular weight excluding hydrogens is 281 g/mol. The first-order chi connectivity index (χ1) is 9.58. The van der Waals surface area contributed by atoms with E-state index in [-0.39, 0.29) is 11.8 Å². The van der Waals surface area contributed by atoms with Gasteiger partial charge in [-0.25, -0.2) is 9.18 Å². The zero-order chi connectivity index (χ0) is 14.5. The van der Waals surface area contributed by atoms with Gasteiger partial charge in [0.1, 0.15) is 5.82 Å². The maximum atomic E-state index is 13.2. The first-order valence-electron chi connectivity index (χ1n) is 5.95. The molecular formula is C15H13ClFNO2. The van der Waals surface area contributed by atoms with E-state index < -0.39 is 0 Å². The summed E-state index contributed by atoms with van der Waals surface area (Å²) in [6.45, 7) is 0.501. The molecule has 0 amide bonds. The van der Waals surface area contributed by atoms with Crippen LogP contribution in [-0.2, 0) is 11.3 Å². The molecule has 2 rings (SSSR count). The fraction of sp³-hybridized carbons (Fsp3) is 0.133. The molecule has 0 saturated heterocycles. The lowest BCUT2D eigenvalue weighted by Gasteiger charge is -2.08. The SMILES string of the molecule is COC(=O)c1ccc(CNc2cc(F)cc(Cl)c2)cc1. The van der Waals surface area contributed by atoms with E-state index in [2.05, 4.69) is 10.1 Å². The van der Waals surface area contributed by atoms with Crippen LogP contribution < -0.4 is 5.32 Å². The Labute approximate surface area is 121 Å². The minimum Gasteiger partial charge on any atom is -0.465 e. The van der Waals surface area contributed by atoms with Crippen LogP contribution in [0, 0.1) is 5.82 Å². The summed E-state index contributed by atoms with van der Waals surface area (Å²) >= 11 is 5.77. The van der Waals surface area contributed by atoms with Gasteiger partial charge in [0, 0.05) is 17.3 Å². The van der Waals surface area contributed by atoms with Crippen LogP contribution in [-0.4, -0.2) is 13.1 Å². The van der Waals surface area contributed by atoms with Gasteiger partial charge in [0.25, 0.3) is 0 Å². The smallest absolute Gasteiger partial charge is 0.337 e. The lowest BCUT2D eigenvalue weighted by Crippen LogP contribution is -2.03. The minimum atomic E-state index is -0.388. The van der Waals surface area contributed by atoms with Crippen molar-refractivity contribution in [2.24, 2.45) is 0 Å². The Morgan fingerprint density at radius 1 is 1.25 bits per heavy atom. The van der Waals surface area contributed by atoms with E-state index in [0.717, 1.165) is 5.56 Å². The largest absolute Gasteiger partial charge is 0.465 e. The van der Waals surface area contributed by atoms with Gasteiger partial charge < -0.3 is 10.1 Å². The molecule has 5 heteroatoms. The molecule has 2 aromatic rings. The maximum absolute atomic E-state index is 13.2. The highest BCUT2D eigenvalue weighted by Gasteiger charge is 2.04. The van der Waals surface area contributed by atoms with Crippen LogP contribution >= 0.6 is 11.6 Å². The number of anilines is 1. The summed E-state index contributed by atoms with van der Waals surface area (Å²) in [6.07, 6.45) is 0. The molecule has 20 heavy (non-hydrogen) atoms. The normalized spacial score (nSPS) is 10.2. The Kier molecular flexibility index (Phi) is 4.58. The third kappa shape index (κ3) is 3.71. The summed E-state index contributed by atoms with van der Waals surface area (Å²) in [5.41, 5.74) is 2.05. The van der Waals surface area contributed by atoms with E-state index in [9.17, 15) is 9.18 Å². The van der Waals surface area contributed by atoms with Gasteiger partial charge >= 0.3 is 5.97 Å². The Morgan fingerprint density at radius 2 is 1.95 bits per heavy atom. The lowest BCUT2D eigenvalue weighted by atomic mass is 10.1. The standard InChI is InChI=1S/C15H13ClFNO2/c1-20-15(19)11-4-2-10(3-5-11)9-18-14-7-12(16)6-13(17)8-14/h2-8,18H,9H2,1H3.